The van der Waals surface area contributed by atoms with E-state index in [1.165, 1.54) is 30.6 Å². The van der Waals surface area contributed by atoms with Gasteiger partial charge in [0.1, 0.15) is 12.1 Å². The summed E-state index contributed by atoms with van der Waals surface area (Å²) in [7, 11) is -2.07. The number of rotatable bonds is 6. The molecule has 12 heteroatoms. The highest BCUT2D eigenvalue weighted by atomic mass is 35.5. The van der Waals surface area contributed by atoms with Crippen molar-refractivity contribution in [1.29, 1.82) is 0 Å². The lowest BCUT2D eigenvalue weighted by Crippen LogP contribution is -2.37. The summed E-state index contributed by atoms with van der Waals surface area (Å²) in [6.07, 6.45) is 6.35. The van der Waals surface area contributed by atoms with E-state index >= 15 is 0 Å². The zero-order chi connectivity index (χ0) is 24.8. The number of amides is 1. The van der Waals surface area contributed by atoms with Gasteiger partial charge in [-0.25, -0.2) is 15.0 Å². The Kier molecular flexibility index (Phi) is 5.68. The van der Waals surface area contributed by atoms with E-state index < -0.39 is 21.0 Å². The number of nitrogens with one attached hydrogen (secondary N) is 1. The zero-order valence-electron chi connectivity index (χ0n) is 18.0. The lowest BCUT2D eigenvalue weighted by atomic mass is 10.0. The highest BCUT2D eigenvalue weighted by molar-refractivity contribution is 8.01. The van der Waals surface area contributed by atoms with Crippen molar-refractivity contribution in [3.05, 3.63) is 67.0 Å². The molecule has 0 atom stereocenters. The first-order chi connectivity index (χ1) is 16.6. The van der Waals surface area contributed by atoms with E-state index in [0.717, 1.165) is 5.52 Å². The Morgan fingerprint density at radius 1 is 1.20 bits per heavy atom. The molecule has 0 spiro atoms. The summed E-state index contributed by atoms with van der Waals surface area (Å²) < 4.78 is 44.0. The molecule has 0 saturated carbocycles. The van der Waals surface area contributed by atoms with Gasteiger partial charge < -0.3 is 14.6 Å². The van der Waals surface area contributed by atoms with Crippen LogP contribution in [0.15, 0.2) is 61.4 Å². The summed E-state index contributed by atoms with van der Waals surface area (Å²) in [4.78, 5) is 25.7. The summed E-state index contributed by atoms with van der Waals surface area (Å²) in [6, 6.07) is 8.73. The number of anilines is 1. The standard InChI is InChI=1S/C23H18ClF2N5O3S/c1-35(33)10-17(11-35)31-13-29-20-7-14(6-19(21(20)31)15-8-27-12-28-9-15)22(32)30-16-2-4-18(5-3-16)34-23(24,25)26/h2-9,12-13,17H,1,10-11H2,(H,30,32). The first-order valence-corrected chi connectivity index (χ1v) is 12.8. The van der Waals surface area contributed by atoms with Gasteiger partial charge in [-0.3, -0.25) is 9.00 Å². The fraction of sp³-hybridized carbons (Fsp3) is 0.174. The van der Waals surface area contributed by atoms with Gasteiger partial charge in [0, 0.05) is 57.9 Å². The van der Waals surface area contributed by atoms with Crippen molar-refractivity contribution in [1.82, 2.24) is 19.5 Å². The third kappa shape index (κ3) is 4.96. The molecule has 180 valence electrons. The smallest absolute Gasteiger partial charge is 0.420 e. The van der Waals surface area contributed by atoms with Crippen molar-refractivity contribution in [2.75, 3.05) is 16.8 Å². The first kappa shape index (κ1) is 23.2. The van der Waals surface area contributed by atoms with Gasteiger partial charge in [0.25, 0.3) is 5.91 Å². The maximum absolute atomic E-state index is 13.1. The number of hydrogen-bond acceptors (Lipinski definition) is 6. The molecule has 35 heavy (non-hydrogen) atoms. The van der Waals surface area contributed by atoms with Crippen LogP contribution in [0.4, 0.5) is 14.5 Å². The van der Waals surface area contributed by atoms with E-state index in [4.69, 9.17) is 11.6 Å². The van der Waals surface area contributed by atoms with Crippen molar-refractivity contribution in [3.63, 3.8) is 0 Å². The second kappa shape index (κ2) is 8.58. The van der Waals surface area contributed by atoms with Crippen molar-refractivity contribution < 1.29 is 22.5 Å². The maximum atomic E-state index is 13.1. The second-order valence-corrected chi connectivity index (χ2v) is 11.2. The first-order valence-electron chi connectivity index (χ1n) is 10.3. The molecule has 1 fully saturated rings. The van der Waals surface area contributed by atoms with E-state index in [1.807, 2.05) is 4.57 Å². The second-order valence-electron chi connectivity index (χ2n) is 8.15. The zero-order valence-corrected chi connectivity index (χ0v) is 19.6. The van der Waals surface area contributed by atoms with Crippen molar-refractivity contribution in [2.24, 2.45) is 0 Å². The number of carbonyl (C=O) groups excluding carboxylic acids is 1. The number of hydrogen-bond donors (Lipinski definition) is 1. The van der Waals surface area contributed by atoms with Gasteiger partial charge in [-0.05, 0) is 51.8 Å². The van der Waals surface area contributed by atoms with Crippen LogP contribution in [0.2, 0.25) is 0 Å². The molecule has 8 nitrogen and oxygen atoms in total. The van der Waals surface area contributed by atoms with Crippen molar-refractivity contribution in [2.45, 2.75) is 11.6 Å². The highest BCUT2D eigenvalue weighted by Crippen LogP contribution is 2.34. The molecule has 0 unspecified atom stereocenters. The Bertz CT molecular complexity index is 1510. The summed E-state index contributed by atoms with van der Waals surface area (Å²) in [5.74, 6) is 4.10. The largest absolute Gasteiger partial charge is 0.487 e. The van der Waals surface area contributed by atoms with Crippen LogP contribution >= 0.6 is 11.6 Å². The van der Waals surface area contributed by atoms with Gasteiger partial charge >= 0.3 is 5.57 Å². The molecule has 0 bridgehead atoms. The summed E-state index contributed by atoms with van der Waals surface area (Å²) in [5, 5.41) is 2.73. The molecule has 2 aromatic carbocycles. The Morgan fingerprint density at radius 2 is 1.89 bits per heavy atom. The quantitative estimate of drug-likeness (QED) is 0.304. The predicted octanol–water partition coefficient (Wildman–Crippen LogP) is 4.18. The Labute approximate surface area is 203 Å². The number of ether oxygens (including phenoxy) is 1. The third-order valence-corrected chi connectivity index (χ3v) is 7.60. The average molecular weight is 518 g/mol. The van der Waals surface area contributed by atoms with Crippen LogP contribution in [0.1, 0.15) is 16.4 Å². The number of imidazole rings is 1. The molecule has 3 heterocycles. The van der Waals surface area contributed by atoms with Crippen LogP contribution in [-0.2, 0) is 9.52 Å². The number of alkyl halides is 3. The van der Waals surface area contributed by atoms with E-state index in [0.29, 0.717) is 39.4 Å². The molecule has 1 amide bonds. The average Bonchev–Trinajstić information content (AvgIpc) is 3.21. The molecule has 1 saturated heterocycles. The fourth-order valence-electron chi connectivity index (χ4n) is 3.99. The normalized spacial score (nSPS) is 19.8. The van der Waals surface area contributed by atoms with Gasteiger partial charge in [-0.2, -0.15) is 0 Å². The van der Waals surface area contributed by atoms with Gasteiger partial charge in [0.2, 0.25) is 0 Å². The molecule has 5 rings (SSSR count). The Balaban J connectivity index is 1.48. The lowest BCUT2D eigenvalue weighted by Gasteiger charge is -2.32. The molecule has 1 aliphatic heterocycles. The van der Waals surface area contributed by atoms with Crippen LogP contribution < -0.4 is 10.1 Å². The molecule has 2 aromatic heterocycles. The van der Waals surface area contributed by atoms with Crippen LogP contribution in [-0.4, -0.2) is 52.6 Å². The summed E-state index contributed by atoms with van der Waals surface area (Å²) in [6.45, 7) is 0. The monoisotopic (exact) mass is 517 g/mol. The van der Waals surface area contributed by atoms with Crippen molar-refractivity contribution in [3.8, 4) is 16.9 Å². The van der Waals surface area contributed by atoms with Crippen LogP contribution in [0.3, 0.4) is 0 Å². The highest BCUT2D eigenvalue weighted by Gasteiger charge is 2.31. The SMILES string of the molecule is C=S1(=O)CC(n2cnc3cc(C(=O)Nc4ccc(OC(F)(F)Cl)cc4)cc(-c4cncnc4)c32)C1. The summed E-state index contributed by atoms with van der Waals surface area (Å²) in [5.41, 5.74) is -0.399. The third-order valence-electron chi connectivity index (χ3n) is 5.53. The van der Waals surface area contributed by atoms with Gasteiger partial charge in [0.05, 0.1) is 23.4 Å². The van der Waals surface area contributed by atoms with E-state index in [2.05, 4.69) is 30.9 Å². The summed E-state index contributed by atoms with van der Waals surface area (Å²) >= 11 is 4.77. The fourth-order valence-corrected chi connectivity index (χ4v) is 5.71. The number of halogens is 3. The minimum absolute atomic E-state index is 0.00541. The van der Waals surface area contributed by atoms with Gasteiger partial charge in [-0.15, -0.1) is 8.78 Å². The Hall–Kier alpha value is -3.57. The minimum Gasteiger partial charge on any atom is -0.420 e. The molecule has 0 aliphatic carbocycles. The van der Waals surface area contributed by atoms with Gasteiger partial charge in [0.15, 0.2) is 0 Å². The van der Waals surface area contributed by atoms with Crippen LogP contribution in [0.25, 0.3) is 22.2 Å². The van der Waals surface area contributed by atoms with E-state index in [-0.39, 0.29) is 11.8 Å². The number of aromatic nitrogens is 4. The maximum Gasteiger partial charge on any atom is 0.487 e. The number of nitrogens with zero attached hydrogens (tertiary/aromatic N) is 4. The molecular formula is C23H18ClF2N5O3S. The molecule has 0 radical (unpaired) electrons. The van der Waals surface area contributed by atoms with Gasteiger partial charge in [-0.1, -0.05) is 0 Å². The molecular weight excluding hydrogens is 500 g/mol. The number of carbonyl (C=O) groups is 1. The van der Waals surface area contributed by atoms with E-state index in [1.54, 1.807) is 30.9 Å². The van der Waals surface area contributed by atoms with E-state index in [9.17, 15) is 17.8 Å². The number of benzene rings is 2. The van der Waals surface area contributed by atoms with Crippen molar-refractivity contribution >= 4 is 49.6 Å². The van der Waals surface area contributed by atoms with Crippen LogP contribution in [0.5, 0.6) is 5.75 Å². The molecule has 4 aromatic rings. The van der Waals surface area contributed by atoms with Crippen LogP contribution in [0, 0.1) is 0 Å². The number of fused-ring (bicyclic) bond motifs is 1. The Morgan fingerprint density at radius 3 is 2.51 bits per heavy atom. The molecule has 1 N–H and O–H groups in total. The minimum atomic E-state index is -3.83. The topological polar surface area (TPSA) is 99.0 Å². The lowest BCUT2D eigenvalue weighted by molar-refractivity contribution is -0.0964. The molecule has 1 aliphatic rings. The predicted molar refractivity (Wildman–Crippen MR) is 131 cm³/mol.